The van der Waals surface area contributed by atoms with Crippen molar-refractivity contribution < 1.29 is 9.90 Å². The van der Waals surface area contributed by atoms with Crippen molar-refractivity contribution in [3.8, 4) is 0 Å². The smallest absolute Gasteiger partial charge is 0.306 e. The van der Waals surface area contributed by atoms with Gasteiger partial charge in [0, 0.05) is 0 Å². The van der Waals surface area contributed by atoms with Crippen molar-refractivity contribution in [2.45, 2.75) is 90.4 Å². The van der Waals surface area contributed by atoms with Crippen LogP contribution < -0.4 is 0 Å². The molecule has 0 amide bonds. The largest absolute Gasteiger partial charge is 0.481 e. The van der Waals surface area contributed by atoms with Crippen molar-refractivity contribution >= 4 is 5.97 Å². The monoisotopic (exact) mass is 282 g/mol. The highest BCUT2D eigenvalue weighted by Crippen LogP contribution is 2.16. The molecule has 2 nitrogen and oxygen atoms in total. The topological polar surface area (TPSA) is 37.3 Å². The van der Waals surface area contributed by atoms with Gasteiger partial charge in [-0.15, -0.1) is 6.58 Å². The van der Waals surface area contributed by atoms with Gasteiger partial charge in [-0.3, -0.25) is 4.79 Å². The number of unbranched alkanes of at least 4 members (excludes halogenated alkanes) is 10. The van der Waals surface area contributed by atoms with Crippen molar-refractivity contribution in [3.05, 3.63) is 12.7 Å². The van der Waals surface area contributed by atoms with Crippen molar-refractivity contribution in [1.29, 1.82) is 0 Å². The molecule has 20 heavy (non-hydrogen) atoms. The molecule has 0 aromatic carbocycles. The molecule has 0 aliphatic carbocycles. The third-order valence-electron chi connectivity index (χ3n) is 3.96. The highest BCUT2D eigenvalue weighted by Gasteiger charge is 2.14. The van der Waals surface area contributed by atoms with Crippen LogP contribution in [0.15, 0.2) is 12.7 Å². The minimum atomic E-state index is -0.669. The number of allylic oxidation sites excluding steroid dienone is 1. The van der Waals surface area contributed by atoms with Gasteiger partial charge in [0.05, 0.1) is 5.92 Å². The summed E-state index contributed by atoms with van der Waals surface area (Å²) >= 11 is 0. The van der Waals surface area contributed by atoms with Crippen LogP contribution in [0.3, 0.4) is 0 Å². The average Bonchev–Trinajstić information content (AvgIpc) is 2.43. The van der Waals surface area contributed by atoms with Gasteiger partial charge < -0.3 is 5.11 Å². The predicted octanol–water partition coefficient (Wildman–Crippen LogP) is 5.96. The fourth-order valence-corrected chi connectivity index (χ4v) is 2.60. The summed E-state index contributed by atoms with van der Waals surface area (Å²) in [6.45, 7) is 5.88. The van der Waals surface area contributed by atoms with Gasteiger partial charge in [0.25, 0.3) is 0 Å². The Bertz CT molecular complexity index is 236. The standard InChI is InChI=1S/C18H34O2/c1-3-5-6-7-8-9-10-11-12-13-14-16-17(15-4-2)18(19)20/h4,17H,2-3,5-16H2,1H3,(H,19,20). The molecule has 1 unspecified atom stereocenters. The lowest BCUT2D eigenvalue weighted by molar-refractivity contribution is -0.141. The van der Waals surface area contributed by atoms with Gasteiger partial charge in [-0.05, 0) is 12.8 Å². The Morgan fingerprint density at radius 1 is 0.950 bits per heavy atom. The molecule has 0 bridgehead atoms. The Balaban J connectivity index is 3.27. The first-order chi connectivity index (χ1) is 9.72. The number of carbonyl (C=O) groups is 1. The van der Waals surface area contributed by atoms with Gasteiger partial charge in [0.2, 0.25) is 0 Å². The van der Waals surface area contributed by atoms with E-state index in [1.54, 1.807) is 6.08 Å². The maximum atomic E-state index is 11.0. The molecule has 0 aliphatic heterocycles. The molecule has 0 saturated heterocycles. The number of aliphatic carboxylic acids is 1. The second kappa shape index (κ2) is 14.6. The maximum absolute atomic E-state index is 11.0. The molecule has 0 heterocycles. The summed E-state index contributed by atoms with van der Waals surface area (Å²) in [7, 11) is 0. The molecule has 0 saturated carbocycles. The Morgan fingerprint density at radius 2 is 1.40 bits per heavy atom. The van der Waals surface area contributed by atoms with Gasteiger partial charge in [0.15, 0.2) is 0 Å². The molecule has 0 aromatic heterocycles. The Hall–Kier alpha value is -0.790. The lowest BCUT2D eigenvalue weighted by Gasteiger charge is -2.09. The number of hydrogen-bond acceptors (Lipinski definition) is 1. The molecule has 118 valence electrons. The molecule has 0 spiro atoms. The van der Waals surface area contributed by atoms with Crippen LogP contribution in [0.1, 0.15) is 90.4 Å². The van der Waals surface area contributed by atoms with Crippen molar-refractivity contribution in [2.24, 2.45) is 5.92 Å². The molecule has 1 N–H and O–H groups in total. The Labute approximate surface area is 125 Å². The van der Waals surface area contributed by atoms with Crippen LogP contribution in [-0.2, 0) is 4.79 Å². The number of hydrogen-bond donors (Lipinski definition) is 1. The van der Waals surface area contributed by atoms with E-state index < -0.39 is 5.97 Å². The molecule has 0 radical (unpaired) electrons. The molecule has 1 atom stereocenters. The third kappa shape index (κ3) is 12.3. The first-order valence-electron chi connectivity index (χ1n) is 8.56. The predicted molar refractivity (Wildman–Crippen MR) is 87.0 cm³/mol. The third-order valence-corrected chi connectivity index (χ3v) is 3.96. The molecule has 2 heteroatoms. The SMILES string of the molecule is C=CCC(CCCCCCCCCCCCC)C(=O)O. The minimum Gasteiger partial charge on any atom is -0.481 e. The van der Waals surface area contributed by atoms with Crippen LogP contribution in [0.5, 0.6) is 0 Å². The molecular formula is C18H34O2. The van der Waals surface area contributed by atoms with Crippen molar-refractivity contribution in [2.75, 3.05) is 0 Å². The zero-order chi connectivity index (χ0) is 15.1. The quantitative estimate of drug-likeness (QED) is 0.297. The van der Waals surface area contributed by atoms with Gasteiger partial charge in [-0.1, -0.05) is 83.6 Å². The summed E-state index contributed by atoms with van der Waals surface area (Å²) in [5.41, 5.74) is 0. The molecule has 0 fully saturated rings. The van der Waals surface area contributed by atoms with E-state index in [-0.39, 0.29) is 5.92 Å². The summed E-state index contributed by atoms with van der Waals surface area (Å²) in [6.07, 6.45) is 17.5. The van der Waals surface area contributed by atoms with Gasteiger partial charge >= 0.3 is 5.97 Å². The fourth-order valence-electron chi connectivity index (χ4n) is 2.60. The first kappa shape index (κ1) is 19.2. The second-order valence-corrected chi connectivity index (χ2v) is 5.88. The van der Waals surface area contributed by atoms with E-state index in [4.69, 9.17) is 5.11 Å². The summed E-state index contributed by atoms with van der Waals surface area (Å²) < 4.78 is 0. The van der Waals surface area contributed by atoms with Crippen LogP contribution in [0.25, 0.3) is 0 Å². The highest BCUT2D eigenvalue weighted by molar-refractivity contribution is 5.70. The first-order valence-corrected chi connectivity index (χ1v) is 8.56. The van der Waals surface area contributed by atoms with E-state index in [0.717, 1.165) is 12.8 Å². The number of carboxylic acid groups (broad SMARTS) is 1. The summed E-state index contributed by atoms with van der Waals surface area (Å²) in [4.78, 5) is 11.0. The van der Waals surface area contributed by atoms with Gasteiger partial charge in [0.1, 0.15) is 0 Å². The number of rotatable bonds is 15. The van der Waals surface area contributed by atoms with Crippen LogP contribution in [0.4, 0.5) is 0 Å². The van der Waals surface area contributed by atoms with E-state index in [1.165, 1.54) is 64.2 Å². The van der Waals surface area contributed by atoms with Crippen LogP contribution in [-0.4, -0.2) is 11.1 Å². The second-order valence-electron chi connectivity index (χ2n) is 5.88. The van der Waals surface area contributed by atoms with E-state index in [0.29, 0.717) is 6.42 Å². The summed E-state index contributed by atoms with van der Waals surface area (Å²) in [5.74, 6) is -0.886. The zero-order valence-corrected chi connectivity index (χ0v) is 13.4. The van der Waals surface area contributed by atoms with Crippen molar-refractivity contribution in [3.63, 3.8) is 0 Å². The van der Waals surface area contributed by atoms with Crippen LogP contribution in [0, 0.1) is 5.92 Å². The Kier molecular flexibility index (Phi) is 14.0. The van der Waals surface area contributed by atoms with Gasteiger partial charge in [-0.25, -0.2) is 0 Å². The number of carboxylic acids is 1. The normalized spacial score (nSPS) is 12.2. The van der Waals surface area contributed by atoms with E-state index in [1.807, 2.05) is 0 Å². The molecule has 0 aromatic rings. The highest BCUT2D eigenvalue weighted by atomic mass is 16.4. The van der Waals surface area contributed by atoms with Crippen molar-refractivity contribution in [1.82, 2.24) is 0 Å². The summed E-state index contributed by atoms with van der Waals surface area (Å²) in [5, 5.41) is 9.02. The molecule has 0 rings (SSSR count). The van der Waals surface area contributed by atoms with Crippen LogP contribution >= 0.6 is 0 Å². The minimum absolute atomic E-state index is 0.217. The zero-order valence-electron chi connectivity index (χ0n) is 13.4. The average molecular weight is 282 g/mol. The van der Waals surface area contributed by atoms with Gasteiger partial charge in [-0.2, -0.15) is 0 Å². The summed E-state index contributed by atoms with van der Waals surface area (Å²) in [6, 6.07) is 0. The maximum Gasteiger partial charge on any atom is 0.306 e. The Morgan fingerprint density at radius 3 is 1.80 bits per heavy atom. The lowest BCUT2D eigenvalue weighted by atomic mass is 9.97. The van der Waals surface area contributed by atoms with E-state index in [9.17, 15) is 4.79 Å². The van der Waals surface area contributed by atoms with E-state index >= 15 is 0 Å². The lowest BCUT2D eigenvalue weighted by Crippen LogP contribution is -2.12. The fraction of sp³-hybridized carbons (Fsp3) is 0.833. The van der Waals surface area contributed by atoms with Crippen LogP contribution in [0.2, 0.25) is 0 Å². The van der Waals surface area contributed by atoms with E-state index in [2.05, 4.69) is 13.5 Å². The molecule has 0 aliphatic rings. The molecular weight excluding hydrogens is 248 g/mol.